The molecule has 0 rings (SSSR count). The van der Waals surface area contributed by atoms with Gasteiger partial charge in [-0.15, -0.1) is 0 Å². The van der Waals surface area contributed by atoms with E-state index >= 15 is 0 Å². The van der Waals surface area contributed by atoms with Crippen molar-refractivity contribution in [3.63, 3.8) is 0 Å². The number of halogens is 1. The number of hydrogen-bond acceptors (Lipinski definition) is 3. The normalized spacial score (nSPS) is 7.20. The molecule has 5 heavy (non-hydrogen) atoms. The number of rotatable bonds is 0. The van der Waals surface area contributed by atoms with Crippen molar-refractivity contribution in [2.24, 2.45) is 0 Å². The van der Waals surface area contributed by atoms with Crippen LogP contribution < -0.4 is 31.4 Å². The van der Waals surface area contributed by atoms with Crippen LogP contribution in [0.3, 0.4) is 0 Å². The van der Waals surface area contributed by atoms with Crippen LogP contribution >= 0.6 is 0 Å². The molecule has 0 aliphatic carbocycles. The van der Waals surface area contributed by atoms with Gasteiger partial charge in [-0.25, -0.2) is 0 Å². The largest absolute Gasteiger partial charge is 2.00 e. The second kappa shape index (κ2) is 5.13. The molecule has 35 valence electrons. The molecule has 0 spiro atoms. The molecule has 0 unspecified atom stereocenters. The maximum absolute atomic E-state index is 8.57. The predicted octanol–water partition coefficient (Wildman–Crippen LogP) is -6.57. The molecule has 0 aliphatic heterocycles. The van der Waals surface area contributed by atoms with Gasteiger partial charge in [-0.3, -0.25) is 0 Å². The van der Waals surface area contributed by atoms with Crippen LogP contribution in [0.1, 0.15) is 0 Å². The van der Waals surface area contributed by atoms with E-state index in [0.29, 0.717) is 0 Å². The summed E-state index contributed by atoms with van der Waals surface area (Å²) in [7, 11) is 0. The molecule has 0 heterocycles. The monoisotopic (exact) mass is 238 g/mol. The minimum Gasteiger partial charge on any atom is -0.427 e. The smallest absolute Gasteiger partial charge is 0.427 e. The quantitative estimate of drug-likeness (QED) is 0.311. The van der Waals surface area contributed by atoms with Crippen LogP contribution in [0.4, 0.5) is 0 Å². The molecule has 1 radical (unpaired) electrons. The third-order valence-corrected chi connectivity index (χ3v) is 0. The molecule has 0 bridgehead atoms. The summed E-state index contributed by atoms with van der Waals surface area (Å²) >= 11 is -4.01. The molecule has 0 aromatic heterocycles. The van der Waals surface area contributed by atoms with E-state index in [4.69, 9.17) is 10.3 Å². The molecular weight excluding hydrogens is 238 g/mol. The van der Waals surface area contributed by atoms with Crippen molar-refractivity contribution in [3.05, 3.63) is 0 Å². The minimum atomic E-state index is -4.01. The minimum absolute atomic E-state index is 0. The van der Waals surface area contributed by atoms with Crippen molar-refractivity contribution < 1.29 is 48.4 Å². The van der Waals surface area contributed by atoms with Crippen LogP contribution in [-0.4, -0.2) is 0 Å². The van der Waals surface area contributed by atoms with Crippen LogP contribution in [0.2, 0.25) is 0 Å². The van der Waals surface area contributed by atoms with E-state index in [1.165, 1.54) is 0 Å². The summed E-state index contributed by atoms with van der Waals surface area (Å²) in [4.78, 5) is 0. The Morgan fingerprint density at radius 3 is 1.00 bits per heavy atom. The molecule has 0 saturated carbocycles. The van der Waals surface area contributed by atoms with Crippen LogP contribution in [0, 0.1) is 0 Å². The first-order valence-electron chi connectivity index (χ1n) is 0.463. The summed E-state index contributed by atoms with van der Waals surface area (Å²) in [5.74, 6) is 0. The van der Waals surface area contributed by atoms with Gasteiger partial charge >= 0.3 is 17.1 Å². The van der Waals surface area contributed by atoms with E-state index in [-0.39, 0.29) is 17.1 Å². The molecule has 0 saturated heterocycles. The molecule has 0 N–H and O–H groups in total. The molecule has 0 fully saturated rings. The Kier molecular flexibility index (Phi) is 9.70. The first kappa shape index (κ1) is 9.46. The van der Waals surface area contributed by atoms with Gasteiger partial charge < -0.3 is 10.3 Å². The second-order valence-corrected chi connectivity index (χ2v) is 1.27. The summed E-state index contributed by atoms with van der Waals surface area (Å²) in [6.07, 6.45) is 0. The van der Waals surface area contributed by atoms with Gasteiger partial charge in [0.1, 0.15) is 0 Å². The summed E-state index contributed by atoms with van der Waals surface area (Å²) in [6.45, 7) is 0. The Balaban J connectivity index is 0. The molecular formula is CuIO3+. The van der Waals surface area contributed by atoms with Gasteiger partial charge in [-0.1, -0.05) is 0 Å². The van der Waals surface area contributed by atoms with Crippen LogP contribution in [0.5, 0.6) is 0 Å². The third-order valence-electron chi connectivity index (χ3n) is 0. The fourth-order valence-corrected chi connectivity index (χ4v) is 0. The zero-order chi connectivity index (χ0) is 3.58. The molecule has 3 nitrogen and oxygen atoms in total. The van der Waals surface area contributed by atoms with E-state index in [1.54, 1.807) is 0 Å². The first-order chi connectivity index (χ1) is 1.73. The predicted molar refractivity (Wildman–Crippen MR) is 0 cm³/mol. The van der Waals surface area contributed by atoms with Crippen LogP contribution in [0.25, 0.3) is 0 Å². The fraction of sp³-hybridized carbons (Fsp3) is 0. The van der Waals surface area contributed by atoms with E-state index < -0.39 is 21.1 Å². The number of hydrogen-bond donors (Lipinski definition) is 0. The molecule has 0 amide bonds. The summed E-state index contributed by atoms with van der Waals surface area (Å²) in [5.41, 5.74) is 0. The standard InChI is InChI=1S/Cu.IO3/c;2-1(3)4/q+2;-1. The van der Waals surface area contributed by atoms with Gasteiger partial charge in [0.2, 0.25) is 0 Å². The van der Waals surface area contributed by atoms with Crippen molar-refractivity contribution in [1.82, 2.24) is 0 Å². The average molecular weight is 238 g/mol. The average Bonchev–Trinajstić information content (AvgIpc) is 0.811. The van der Waals surface area contributed by atoms with E-state index in [9.17, 15) is 0 Å². The Hall–Kier alpha value is 1.13. The summed E-state index contributed by atoms with van der Waals surface area (Å²) in [6, 6.07) is 0. The van der Waals surface area contributed by atoms with E-state index in [0.717, 1.165) is 0 Å². The second-order valence-electron chi connectivity index (χ2n) is 0.189. The maximum Gasteiger partial charge on any atom is 2.00 e. The van der Waals surface area contributed by atoms with Crippen LogP contribution in [-0.2, 0) is 17.1 Å². The first-order valence-corrected chi connectivity index (χ1v) is 3.11. The van der Waals surface area contributed by atoms with Gasteiger partial charge in [0.15, 0.2) is 0 Å². The molecule has 5 heteroatoms. The van der Waals surface area contributed by atoms with E-state index in [2.05, 4.69) is 0 Å². The summed E-state index contributed by atoms with van der Waals surface area (Å²) in [5, 5.41) is 0. The molecule has 0 aromatic rings. The third kappa shape index (κ3) is 39.4. The zero-order valence-electron chi connectivity index (χ0n) is 1.90. The summed E-state index contributed by atoms with van der Waals surface area (Å²) < 4.78 is 25.7. The van der Waals surface area contributed by atoms with Crippen LogP contribution in [0.15, 0.2) is 0 Å². The molecule has 0 aromatic carbocycles. The Labute approximate surface area is 48.5 Å². The van der Waals surface area contributed by atoms with Crippen molar-refractivity contribution in [1.29, 1.82) is 0 Å². The molecule has 0 atom stereocenters. The Morgan fingerprint density at radius 1 is 1.00 bits per heavy atom. The van der Waals surface area contributed by atoms with E-state index in [1.807, 2.05) is 0 Å². The topological polar surface area (TPSA) is 69.2 Å². The maximum atomic E-state index is 8.57. The van der Waals surface area contributed by atoms with Gasteiger partial charge in [0, 0.05) is 0 Å². The van der Waals surface area contributed by atoms with Gasteiger partial charge in [-0.2, -0.15) is 0 Å². The SMILES string of the molecule is [Cu+2].[O-][I+2]([O-])[O-]. The molecule has 0 aliphatic rings. The fourth-order valence-electron chi connectivity index (χ4n) is 0. The Bertz CT molecular complexity index is 11.6. The van der Waals surface area contributed by atoms with Crippen molar-refractivity contribution >= 4 is 0 Å². The van der Waals surface area contributed by atoms with Gasteiger partial charge in [0.05, 0.1) is 0 Å². The van der Waals surface area contributed by atoms with Crippen molar-refractivity contribution in [2.45, 2.75) is 0 Å². The van der Waals surface area contributed by atoms with Gasteiger partial charge in [0.25, 0.3) is 21.1 Å². The zero-order valence-corrected chi connectivity index (χ0v) is 5.00. The van der Waals surface area contributed by atoms with Crippen molar-refractivity contribution in [3.8, 4) is 0 Å². The Morgan fingerprint density at radius 2 is 1.00 bits per heavy atom. The van der Waals surface area contributed by atoms with Crippen molar-refractivity contribution in [2.75, 3.05) is 0 Å². The van der Waals surface area contributed by atoms with Gasteiger partial charge in [-0.05, 0) is 0 Å².